The van der Waals surface area contributed by atoms with E-state index >= 15 is 0 Å². The Morgan fingerprint density at radius 3 is 1.66 bits per heavy atom. The van der Waals surface area contributed by atoms with Crippen LogP contribution in [0.1, 0.15) is 29.8 Å². The van der Waals surface area contributed by atoms with E-state index in [-0.39, 0.29) is 16.3 Å². The molecule has 1 saturated heterocycles. The number of hydrogen-bond donors (Lipinski definition) is 0. The summed E-state index contributed by atoms with van der Waals surface area (Å²) < 4.78 is 57.3. The third kappa shape index (κ3) is 3.99. The van der Waals surface area contributed by atoms with Gasteiger partial charge in [-0.25, -0.2) is 16.8 Å². The molecular formula is C24H26N2O4S2. The molecule has 3 aromatic rings. The minimum absolute atomic E-state index is 0.0564. The van der Waals surface area contributed by atoms with Gasteiger partial charge in [-0.3, -0.25) is 0 Å². The van der Waals surface area contributed by atoms with Crippen molar-refractivity contribution in [2.75, 3.05) is 6.54 Å². The number of sulfonamides is 2. The van der Waals surface area contributed by atoms with Crippen LogP contribution in [0.2, 0.25) is 0 Å². The van der Waals surface area contributed by atoms with E-state index in [1.165, 1.54) is 8.61 Å². The maximum absolute atomic E-state index is 13.7. The molecule has 2 unspecified atom stereocenters. The predicted octanol–water partition coefficient (Wildman–Crippen LogP) is 4.09. The second kappa shape index (κ2) is 8.44. The molecule has 1 fully saturated rings. The topological polar surface area (TPSA) is 74.8 Å². The lowest BCUT2D eigenvalue weighted by Gasteiger charge is -2.30. The van der Waals surface area contributed by atoms with Crippen molar-refractivity contribution in [1.29, 1.82) is 0 Å². The summed E-state index contributed by atoms with van der Waals surface area (Å²) in [6.07, 6.45) is -0.983. The highest BCUT2D eigenvalue weighted by Crippen LogP contribution is 2.41. The summed E-state index contributed by atoms with van der Waals surface area (Å²) in [5.74, 6) is 0. The summed E-state index contributed by atoms with van der Waals surface area (Å²) in [6.45, 7) is 5.57. The third-order valence-corrected chi connectivity index (χ3v) is 9.53. The normalized spacial score (nSPS) is 20.5. The molecule has 0 bridgehead atoms. The van der Waals surface area contributed by atoms with Crippen LogP contribution >= 0.6 is 0 Å². The lowest BCUT2D eigenvalue weighted by atomic mass is 10.2. The van der Waals surface area contributed by atoms with Crippen LogP contribution in [0.4, 0.5) is 0 Å². The van der Waals surface area contributed by atoms with Crippen molar-refractivity contribution in [3.63, 3.8) is 0 Å². The molecule has 1 heterocycles. The van der Waals surface area contributed by atoms with Crippen LogP contribution in [0.15, 0.2) is 88.7 Å². The zero-order valence-electron chi connectivity index (χ0n) is 18.2. The molecule has 2 atom stereocenters. The lowest BCUT2D eigenvalue weighted by Crippen LogP contribution is -2.39. The molecule has 3 aromatic carbocycles. The first-order valence-corrected chi connectivity index (χ1v) is 13.2. The summed E-state index contributed by atoms with van der Waals surface area (Å²) in [5, 5.41) is 0. The van der Waals surface area contributed by atoms with E-state index in [0.29, 0.717) is 5.56 Å². The largest absolute Gasteiger partial charge is 0.245 e. The van der Waals surface area contributed by atoms with Crippen molar-refractivity contribution in [1.82, 2.24) is 8.61 Å². The molecule has 0 spiro atoms. The van der Waals surface area contributed by atoms with Crippen LogP contribution in [-0.2, 0) is 20.0 Å². The monoisotopic (exact) mass is 470 g/mol. The van der Waals surface area contributed by atoms with Gasteiger partial charge in [0.2, 0.25) is 20.0 Å². The SMILES string of the molecule is Cc1ccc(S(=O)(=O)N2CC(C)N(S(=O)(=O)c3ccc(C)cc3)C2c2ccccc2)cc1. The van der Waals surface area contributed by atoms with Gasteiger partial charge in [-0.15, -0.1) is 0 Å². The van der Waals surface area contributed by atoms with E-state index in [1.807, 2.05) is 19.9 Å². The van der Waals surface area contributed by atoms with Crippen molar-refractivity contribution in [2.45, 2.75) is 42.8 Å². The van der Waals surface area contributed by atoms with Crippen LogP contribution < -0.4 is 0 Å². The average Bonchev–Trinajstić information content (AvgIpc) is 3.14. The average molecular weight is 471 g/mol. The van der Waals surface area contributed by atoms with Gasteiger partial charge in [0, 0.05) is 12.6 Å². The van der Waals surface area contributed by atoms with Gasteiger partial charge in [-0.05, 0) is 50.6 Å². The maximum Gasteiger partial charge on any atom is 0.245 e. The van der Waals surface area contributed by atoms with Crippen LogP contribution in [-0.4, -0.2) is 38.0 Å². The molecule has 32 heavy (non-hydrogen) atoms. The quantitative estimate of drug-likeness (QED) is 0.563. The summed E-state index contributed by atoms with van der Waals surface area (Å²) in [5.41, 5.74) is 2.49. The zero-order chi connectivity index (χ0) is 23.1. The number of aryl methyl sites for hydroxylation is 2. The molecular weight excluding hydrogens is 444 g/mol. The lowest BCUT2D eigenvalue weighted by molar-refractivity contribution is 0.276. The fourth-order valence-electron chi connectivity index (χ4n) is 4.02. The van der Waals surface area contributed by atoms with Crippen molar-refractivity contribution in [3.05, 3.63) is 95.6 Å². The second-order valence-electron chi connectivity index (χ2n) is 8.17. The highest BCUT2D eigenvalue weighted by Gasteiger charge is 2.50. The van der Waals surface area contributed by atoms with Crippen LogP contribution in [0.3, 0.4) is 0 Å². The first-order chi connectivity index (χ1) is 15.1. The number of benzene rings is 3. The van der Waals surface area contributed by atoms with Crippen molar-refractivity contribution in [3.8, 4) is 0 Å². The number of rotatable bonds is 5. The Balaban J connectivity index is 1.86. The third-order valence-electron chi connectivity index (χ3n) is 5.71. The first kappa shape index (κ1) is 22.7. The molecule has 4 rings (SSSR count). The van der Waals surface area contributed by atoms with Gasteiger partial charge in [0.15, 0.2) is 0 Å². The second-order valence-corrected chi connectivity index (χ2v) is 11.9. The Kier molecular flexibility index (Phi) is 5.98. The van der Waals surface area contributed by atoms with Gasteiger partial charge >= 0.3 is 0 Å². The minimum Gasteiger partial charge on any atom is -0.207 e. The zero-order valence-corrected chi connectivity index (χ0v) is 19.8. The maximum atomic E-state index is 13.7. The van der Waals surface area contributed by atoms with Gasteiger partial charge in [0.1, 0.15) is 6.17 Å². The molecule has 0 aromatic heterocycles. The van der Waals surface area contributed by atoms with Crippen molar-refractivity contribution in [2.24, 2.45) is 0 Å². The Bertz CT molecular complexity index is 1300. The van der Waals surface area contributed by atoms with Gasteiger partial charge < -0.3 is 0 Å². The molecule has 0 amide bonds. The van der Waals surface area contributed by atoms with Crippen molar-refractivity contribution < 1.29 is 16.8 Å². The molecule has 0 aliphatic carbocycles. The molecule has 168 valence electrons. The summed E-state index contributed by atoms with van der Waals surface area (Å²) >= 11 is 0. The van der Waals surface area contributed by atoms with E-state index in [2.05, 4.69) is 0 Å². The van der Waals surface area contributed by atoms with Crippen molar-refractivity contribution >= 4 is 20.0 Å². The van der Waals surface area contributed by atoms with E-state index in [0.717, 1.165) is 11.1 Å². The fourth-order valence-corrected chi connectivity index (χ4v) is 7.49. The fraction of sp³-hybridized carbons (Fsp3) is 0.250. The summed E-state index contributed by atoms with van der Waals surface area (Å²) in [6, 6.07) is 21.6. The minimum atomic E-state index is -3.96. The van der Waals surface area contributed by atoms with E-state index in [9.17, 15) is 16.8 Å². The van der Waals surface area contributed by atoms with E-state index in [1.54, 1.807) is 79.7 Å². The molecule has 6 nitrogen and oxygen atoms in total. The number of hydrogen-bond acceptors (Lipinski definition) is 4. The van der Waals surface area contributed by atoms with Gasteiger partial charge in [0.25, 0.3) is 0 Å². The highest BCUT2D eigenvalue weighted by molar-refractivity contribution is 7.90. The van der Waals surface area contributed by atoms with Crippen LogP contribution in [0, 0.1) is 13.8 Å². The molecule has 0 N–H and O–H groups in total. The van der Waals surface area contributed by atoms with E-state index in [4.69, 9.17) is 0 Å². The van der Waals surface area contributed by atoms with E-state index < -0.39 is 32.3 Å². The Morgan fingerprint density at radius 1 is 0.688 bits per heavy atom. The summed E-state index contributed by atoms with van der Waals surface area (Å²) in [4.78, 5) is 0.288. The molecule has 1 aliphatic heterocycles. The van der Waals surface area contributed by atoms with Gasteiger partial charge in [-0.2, -0.15) is 8.61 Å². The molecule has 1 aliphatic rings. The Morgan fingerprint density at radius 2 is 1.16 bits per heavy atom. The Labute approximate surface area is 190 Å². The van der Waals surface area contributed by atoms with Crippen LogP contribution in [0.5, 0.6) is 0 Å². The smallest absolute Gasteiger partial charge is 0.207 e. The number of nitrogens with zero attached hydrogens (tertiary/aromatic N) is 2. The standard InChI is InChI=1S/C24H26N2O4S2/c1-18-9-13-22(14-10-18)31(27,28)25-17-20(3)26(24(25)21-7-5-4-6-8-21)32(29,30)23-15-11-19(2)12-16-23/h4-16,20,24H,17H2,1-3H3. The van der Waals surface area contributed by atoms with Crippen LogP contribution in [0.25, 0.3) is 0 Å². The highest BCUT2D eigenvalue weighted by atomic mass is 32.2. The van der Waals surface area contributed by atoms with Gasteiger partial charge in [-0.1, -0.05) is 65.7 Å². The molecule has 0 radical (unpaired) electrons. The Hall–Kier alpha value is -2.52. The predicted molar refractivity (Wildman–Crippen MR) is 124 cm³/mol. The summed E-state index contributed by atoms with van der Waals surface area (Å²) in [7, 11) is -7.90. The molecule has 8 heteroatoms. The first-order valence-electron chi connectivity index (χ1n) is 10.4. The van der Waals surface area contributed by atoms with Gasteiger partial charge in [0.05, 0.1) is 9.79 Å². The molecule has 0 saturated carbocycles.